The Kier molecular flexibility index (Phi) is 5.15. The molecular formula is C21H33F3O3. The molecule has 4 rings (SSSR count). The van der Waals surface area contributed by atoms with Gasteiger partial charge < -0.3 is 9.84 Å². The zero-order valence-corrected chi connectivity index (χ0v) is 16.9. The average Bonchev–Trinajstić information content (AvgIpc) is 2.51. The number of esters is 1. The number of rotatable bonds is 6. The van der Waals surface area contributed by atoms with E-state index in [4.69, 9.17) is 4.74 Å². The van der Waals surface area contributed by atoms with E-state index in [9.17, 15) is 23.1 Å². The largest absolute Gasteiger partial charge is 0.459 e. The lowest BCUT2D eigenvalue weighted by atomic mass is 9.48. The molecule has 2 unspecified atom stereocenters. The minimum absolute atomic E-state index is 0.106. The summed E-state index contributed by atoms with van der Waals surface area (Å²) in [4.78, 5) is 12.6. The standard InChI is InChI=1S/C21H33F3O3/c1-5-18(2,3)17(25)27-16(19(4,26)21(22,23)24)12-20-9-13-6-14(10-20)8-15(7-13)11-20/h13-16,26H,5-12H2,1-4H3. The highest BCUT2D eigenvalue weighted by molar-refractivity contribution is 5.76. The predicted octanol–water partition coefficient (Wildman–Crippen LogP) is 5.25. The van der Waals surface area contributed by atoms with Gasteiger partial charge in [-0.1, -0.05) is 6.92 Å². The Morgan fingerprint density at radius 3 is 1.89 bits per heavy atom. The minimum Gasteiger partial charge on any atom is -0.459 e. The summed E-state index contributed by atoms with van der Waals surface area (Å²) in [7, 11) is 0. The van der Waals surface area contributed by atoms with Gasteiger partial charge in [0.05, 0.1) is 5.41 Å². The van der Waals surface area contributed by atoms with Gasteiger partial charge in [-0.2, -0.15) is 13.2 Å². The van der Waals surface area contributed by atoms with Crippen LogP contribution in [0.4, 0.5) is 13.2 Å². The van der Waals surface area contributed by atoms with Gasteiger partial charge in [-0.3, -0.25) is 4.79 Å². The maximum absolute atomic E-state index is 13.6. The number of hydrogen-bond donors (Lipinski definition) is 1. The highest BCUT2D eigenvalue weighted by atomic mass is 19.4. The third-order valence-corrected chi connectivity index (χ3v) is 7.67. The van der Waals surface area contributed by atoms with Crippen molar-refractivity contribution in [3.63, 3.8) is 0 Å². The molecule has 1 N–H and O–H groups in total. The van der Waals surface area contributed by atoms with Gasteiger partial charge in [-0.25, -0.2) is 0 Å². The van der Waals surface area contributed by atoms with Crippen LogP contribution in [0.2, 0.25) is 0 Å². The van der Waals surface area contributed by atoms with Crippen LogP contribution < -0.4 is 0 Å². The fourth-order valence-corrected chi connectivity index (χ4v) is 5.90. The first-order valence-corrected chi connectivity index (χ1v) is 10.3. The number of hydrogen-bond acceptors (Lipinski definition) is 3. The lowest BCUT2D eigenvalue weighted by Crippen LogP contribution is -2.57. The number of ether oxygens (including phenoxy) is 1. The van der Waals surface area contributed by atoms with E-state index in [2.05, 4.69) is 0 Å². The van der Waals surface area contributed by atoms with E-state index in [1.54, 1.807) is 20.8 Å². The van der Waals surface area contributed by atoms with Crippen molar-refractivity contribution in [1.82, 2.24) is 0 Å². The lowest BCUT2D eigenvalue weighted by molar-refractivity contribution is -0.292. The Morgan fingerprint density at radius 2 is 1.52 bits per heavy atom. The maximum atomic E-state index is 13.6. The summed E-state index contributed by atoms with van der Waals surface area (Å²) >= 11 is 0. The quantitative estimate of drug-likeness (QED) is 0.630. The molecule has 0 aromatic rings. The fourth-order valence-electron chi connectivity index (χ4n) is 5.90. The van der Waals surface area contributed by atoms with Gasteiger partial charge in [0, 0.05) is 0 Å². The number of carbonyl (C=O) groups excluding carboxylic acids is 1. The number of halogens is 3. The summed E-state index contributed by atoms with van der Waals surface area (Å²) in [6.07, 6.45) is 0.406. The molecule has 0 aromatic heterocycles. The Balaban J connectivity index is 1.85. The second-order valence-electron chi connectivity index (χ2n) is 10.4. The third kappa shape index (κ3) is 3.88. The first-order valence-electron chi connectivity index (χ1n) is 10.3. The van der Waals surface area contributed by atoms with Crippen molar-refractivity contribution >= 4 is 5.97 Å². The second-order valence-corrected chi connectivity index (χ2v) is 10.4. The summed E-state index contributed by atoms with van der Waals surface area (Å²) in [6.45, 7) is 5.89. The monoisotopic (exact) mass is 390 g/mol. The molecule has 2 atom stereocenters. The van der Waals surface area contributed by atoms with Crippen LogP contribution in [0.15, 0.2) is 0 Å². The van der Waals surface area contributed by atoms with Crippen LogP contribution in [0.3, 0.4) is 0 Å². The first kappa shape index (κ1) is 20.9. The van der Waals surface area contributed by atoms with Gasteiger partial charge >= 0.3 is 12.1 Å². The van der Waals surface area contributed by atoms with Gasteiger partial charge in [-0.15, -0.1) is 0 Å². The summed E-state index contributed by atoms with van der Waals surface area (Å²) in [5.74, 6) is 1.07. The molecule has 0 amide bonds. The molecule has 4 aliphatic carbocycles. The summed E-state index contributed by atoms with van der Waals surface area (Å²) < 4.78 is 46.3. The Morgan fingerprint density at radius 1 is 1.07 bits per heavy atom. The van der Waals surface area contributed by atoms with Crippen LogP contribution in [-0.2, 0) is 9.53 Å². The molecule has 0 saturated heterocycles. The van der Waals surface area contributed by atoms with Crippen molar-refractivity contribution in [3.05, 3.63) is 0 Å². The van der Waals surface area contributed by atoms with Crippen LogP contribution in [-0.4, -0.2) is 29.0 Å². The van der Waals surface area contributed by atoms with E-state index in [1.165, 1.54) is 19.3 Å². The van der Waals surface area contributed by atoms with E-state index in [0.29, 0.717) is 24.2 Å². The lowest BCUT2D eigenvalue weighted by Gasteiger charge is -2.58. The smallest absolute Gasteiger partial charge is 0.420 e. The molecular weight excluding hydrogens is 357 g/mol. The van der Waals surface area contributed by atoms with Crippen molar-refractivity contribution in [1.29, 1.82) is 0 Å². The van der Waals surface area contributed by atoms with E-state index in [-0.39, 0.29) is 11.8 Å². The van der Waals surface area contributed by atoms with E-state index < -0.39 is 29.3 Å². The highest BCUT2D eigenvalue weighted by Crippen LogP contribution is 2.62. The molecule has 0 spiro atoms. The number of carbonyl (C=O) groups is 1. The van der Waals surface area contributed by atoms with Gasteiger partial charge in [-0.05, 0) is 95.3 Å². The van der Waals surface area contributed by atoms with Crippen LogP contribution in [0, 0.1) is 28.6 Å². The summed E-state index contributed by atoms with van der Waals surface area (Å²) in [6, 6.07) is 0. The van der Waals surface area contributed by atoms with Gasteiger partial charge in [0.2, 0.25) is 0 Å². The molecule has 4 bridgehead atoms. The van der Waals surface area contributed by atoms with E-state index >= 15 is 0 Å². The molecule has 4 saturated carbocycles. The molecule has 6 heteroatoms. The highest BCUT2D eigenvalue weighted by Gasteiger charge is 2.60. The molecule has 0 heterocycles. The number of alkyl halides is 3. The van der Waals surface area contributed by atoms with Crippen LogP contribution in [0.5, 0.6) is 0 Å². The normalized spacial score (nSPS) is 36.4. The van der Waals surface area contributed by atoms with Crippen molar-refractivity contribution in [2.24, 2.45) is 28.6 Å². The summed E-state index contributed by atoms with van der Waals surface area (Å²) in [5, 5.41) is 10.4. The molecule has 0 aliphatic heterocycles. The predicted molar refractivity (Wildman–Crippen MR) is 95.9 cm³/mol. The molecule has 4 aliphatic rings. The number of aliphatic hydroxyl groups is 1. The fraction of sp³-hybridized carbons (Fsp3) is 0.952. The first-order chi connectivity index (χ1) is 12.3. The van der Waals surface area contributed by atoms with Gasteiger partial charge in [0.25, 0.3) is 0 Å². The third-order valence-electron chi connectivity index (χ3n) is 7.67. The Bertz CT molecular complexity index is 544. The zero-order chi connectivity index (χ0) is 20.3. The van der Waals surface area contributed by atoms with Gasteiger partial charge in [0.15, 0.2) is 5.60 Å². The summed E-state index contributed by atoms with van der Waals surface area (Å²) in [5.41, 5.74) is -4.15. The molecule has 4 fully saturated rings. The topological polar surface area (TPSA) is 46.5 Å². The Labute approximate surface area is 160 Å². The second kappa shape index (κ2) is 6.64. The Hall–Kier alpha value is -0.780. The average molecular weight is 390 g/mol. The molecule has 0 aromatic carbocycles. The SMILES string of the molecule is CCC(C)(C)C(=O)OC(CC12CC3CC(CC(C3)C1)C2)C(C)(O)C(F)(F)F. The molecule has 27 heavy (non-hydrogen) atoms. The van der Waals surface area contributed by atoms with Crippen molar-refractivity contribution in [2.75, 3.05) is 0 Å². The zero-order valence-electron chi connectivity index (χ0n) is 16.9. The van der Waals surface area contributed by atoms with Crippen molar-refractivity contribution in [2.45, 2.75) is 96.9 Å². The van der Waals surface area contributed by atoms with Crippen molar-refractivity contribution < 1.29 is 27.8 Å². The molecule has 156 valence electrons. The van der Waals surface area contributed by atoms with Crippen LogP contribution in [0.1, 0.15) is 79.1 Å². The molecule has 3 nitrogen and oxygen atoms in total. The maximum Gasteiger partial charge on any atom is 0.420 e. The van der Waals surface area contributed by atoms with Crippen LogP contribution in [0.25, 0.3) is 0 Å². The molecule has 0 radical (unpaired) electrons. The minimum atomic E-state index is -4.85. The van der Waals surface area contributed by atoms with E-state index in [1.807, 2.05) is 0 Å². The van der Waals surface area contributed by atoms with Gasteiger partial charge in [0.1, 0.15) is 6.10 Å². The van der Waals surface area contributed by atoms with E-state index in [0.717, 1.165) is 26.2 Å². The van der Waals surface area contributed by atoms with Crippen molar-refractivity contribution in [3.8, 4) is 0 Å². The van der Waals surface area contributed by atoms with Crippen LogP contribution >= 0.6 is 0 Å².